The smallest absolute Gasteiger partial charge is 0.339 e. The molecule has 124 valence electrons. The highest BCUT2D eigenvalue weighted by Crippen LogP contribution is 2.31. The molecule has 1 atom stereocenters. The number of fused-ring (bicyclic) bond motifs is 1. The minimum atomic E-state index is -0.796. The van der Waals surface area contributed by atoms with Gasteiger partial charge in [-0.3, -0.25) is 10.0 Å². The molecule has 0 saturated heterocycles. The van der Waals surface area contributed by atoms with Crippen LogP contribution in [0.15, 0.2) is 36.5 Å². The molecule has 0 fully saturated rings. The van der Waals surface area contributed by atoms with E-state index in [-0.39, 0.29) is 0 Å². The zero-order valence-corrected chi connectivity index (χ0v) is 12.8. The van der Waals surface area contributed by atoms with Crippen LogP contribution in [0, 0.1) is 0 Å². The lowest BCUT2D eigenvalue weighted by Gasteiger charge is -2.27. The molecule has 8 nitrogen and oxygen atoms in total. The van der Waals surface area contributed by atoms with Crippen molar-refractivity contribution in [2.24, 2.45) is 5.73 Å². The van der Waals surface area contributed by atoms with Gasteiger partial charge in [-0.25, -0.2) is 9.78 Å². The van der Waals surface area contributed by atoms with E-state index in [0.29, 0.717) is 39.9 Å². The third-order valence-electron chi connectivity index (χ3n) is 3.62. The minimum Gasteiger partial charge on any atom is -0.465 e. The highest BCUT2D eigenvalue weighted by Gasteiger charge is 2.29. The predicted molar refractivity (Wildman–Crippen MR) is 83.0 cm³/mol. The number of methoxy groups -OCH3 is 1. The first-order valence-corrected chi connectivity index (χ1v) is 7.13. The maximum Gasteiger partial charge on any atom is 0.339 e. The lowest BCUT2D eigenvalue weighted by Crippen LogP contribution is -2.47. The maximum atomic E-state index is 11.6. The van der Waals surface area contributed by atoms with E-state index < -0.39 is 17.9 Å². The SMILES string of the molecule is COC(=O)c1ccc(Oc2ccc3c(c2)CC(N)C(=O)N3O)nc1. The number of ether oxygens (including phenoxy) is 2. The van der Waals surface area contributed by atoms with Gasteiger partial charge in [-0.05, 0) is 36.2 Å². The van der Waals surface area contributed by atoms with E-state index in [2.05, 4.69) is 9.72 Å². The second-order valence-electron chi connectivity index (χ2n) is 5.23. The summed E-state index contributed by atoms with van der Waals surface area (Å²) in [5, 5.41) is 10.3. The van der Waals surface area contributed by atoms with Crippen LogP contribution in [0.25, 0.3) is 0 Å². The Labute approximate surface area is 137 Å². The van der Waals surface area contributed by atoms with Crippen molar-refractivity contribution in [3.05, 3.63) is 47.7 Å². The van der Waals surface area contributed by atoms with Crippen molar-refractivity contribution in [1.29, 1.82) is 0 Å². The van der Waals surface area contributed by atoms with Crippen LogP contribution in [0.5, 0.6) is 11.6 Å². The fourth-order valence-corrected chi connectivity index (χ4v) is 2.40. The van der Waals surface area contributed by atoms with Crippen molar-refractivity contribution >= 4 is 17.6 Å². The summed E-state index contributed by atoms with van der Waals surface area (Å²) < 4.78 is 10.2. The van der Waals surface area contributed by atoms with E-state index in [1.54, 1.807) is 24.3 Å². The highest BCUT2D eigenvalue weighted by atomic mass is 16.5. The van der Waals surface area contributed by atoms with E-state index in [4.69, 9.17) is 10.5 Å². The summed E-state index contributed by atoms with van der Waals surface area (Å²) in [6, 6.07) is 7.13. The summed E-state index contributed by atoms with van der Waals surface area (Å²) in [4.78, 5) is 27.0. The van der Waals surface area contributed by atoms with Crippen molar-refractivity contribution < 1.29 is 24.3 Å². The van der Waals surface area contributed by atoms with Crippen LogP contribution < -0.4 is 15.5 Å². The van der Waals surface area contributed by atoms with Gasteiger partial charge < -0.3 is 15.2 Å². The number of nitrogens with zero attached hydrogens (tertiary/aromatic N) is 2. The summed E-state index contributed by atoms with van der Waals surface area (Å²) in [6.45, 7) is 0. The fourth-order valence-electron chi connectivity index (χ4n) is 2.40. The fraction of sp³-hybridized carbons (Fsp3) is 0.188. The molecule has 1 aliphatic rings. The molecule has 2 aromatic rings. The molecule has 1 aliphatic heterocycles. The number of anilines is 1. The number of carbonyl (C=O) groups is 2. The van der Waals surface area contributed by atoms with Gasteiger partial charge in [0.1, 0.15) is 5.75 Å². The van der Waals surface area contributed by atoms with Gasteiger partial charge in [-0.2, -0.15) is 5.06 Å². The van der Waals surface area contributed by atoms with Crippen molar-refractivity contribution in [2.45, 2.75) is 12.5 Å². The molecule has 24 heavy (non-hydrogen) atoms. The second-order valence-corrected chi connectivity index (χ2v) is 5.23. The van der Waals surface area contributed by atoms with Gasteiger partial charge >= 0.3 is 5.97 Å². The Kier molecular flexibility index (Phi) is 4.15. The second kappa shape index (κ2) is 6.26. The Bertz CT molecular complexity index is 791. The summed E-state index contributed by atoms with van der Waals surface area (Å²) in [5.74, 6) is -0.262. The van der Waals surface area contributed by atoms with Gasteiger partial charge in [-0.15, -0.1) is 0 Å². The number of aromatic nitrogens is 1. The Hall–Kier alpha value is -2.97. The third kappa shape index (κ3) is 2.92. The molecule has 1 amide bonds. The lowest BCUT2D eigenvalue weighted by molar-refractivity contribution is -0.125. The monoisotopic (exact) mass is 329 g/mol. The Morgan fingerprint density at radius 1 is 1.38 bits per heavy atom. The van der Waals surface area contributed by atoms with Crippen LogP contribution in [0.4, 0.5) is 5.69 Å². The first-order valence-electron chi connectivity index (χ1n) is 7.13. The standard InChI is InChI=1S/C16H15N3O5/c1-23-16(21)9-2-5-14(18-8-9)24-11-3-4-13-10(6-11)7-12(17)15(20)19(13)22/h2-6,8,12,22H,7,17H2,1H3. The predicted octanol–water partition coefficient (Wildman–Crippen LogP) is 1.27. The first-order chi connectivity index (χ1) is 11.5. The highest BCUT2D eigenvalue weighted by molar-refractivity contribution is 5.98. The average molecular weight is 329 g/mol. The topological polar surface area (TPSA) is 115 Å². The number of amides is 1. The Morgan fingerprint density at radius 2 is 2.17 bits per heavy atom. The molecule has 0 aliphatic carbocycles. The molecule has 1 aromatic heterocycles. The van der Waals surface area contributed by atoms with E-state index >= 15 is 0 Å². The van der Waals surface area contributed by atoms with Gasteiger partial charge in [0.05, 0.1) is 24.4 Å². The van der Waals surface area contributed by atoms with Crippen molar-refractivity contribution in [3.8, 4) is 11.6 Å². The molecule has 0 spiro atoms. The number of carbonyl (C=O) groups excluding carboxylic acids is 2. The number of pyridine rings is 1. The average Bonchev–Trinajstić information content (AvgIpc) is 2.59. The number of rotatable bonds is 3. The van der Waals surface area contributed by atoms with Gasteiger partial charge in [0.15, 0.2) is 0 Å². The van der Waals surface area contributed by atoms with Crippen LogP contribution >= 0.6 is 0 Å². The molecular weight excluding hydrogens is 314 g/mol. The van der Waals surface area contributed by atoms with E-state index in [9.17, 15) is 14.8 Å². The summed E-state index contributed by atoms with van der Waals surface area (Å²) >= 11 is 0. The maximum absolute atomic E-state index is 11.6. The molecular formula is C16H15N3O5. The summed E-state index contributed by atoms with van der Waals surface area (Å²) in [7, 11) is 1.29. The molecule has 3 N–H and O–H groups in total. The number of benzene rings is 1. The number of nitrogens with two attached hydrogens (primary N) is 1. The van der Waals surface area contributed by atoms with Crippen LogP contribution in [-0.4, -0.2) is 35.2 Å². The van der Waals surface area contributed by atoms with E-state index in [0.717, 1.165) is 0 Å². The number of hydrogen-bond donors (Lipinski definition) is 2. The Morgan fingerprint density at radius 3 is 2.83 bits per heavy atom. The summed E-state index contributed by atoms with van der Waals surface area (Å²) in [5.41, 5.74) is 7.08. The largest absolute Gasteiger partial charge is 0.465 e. The minimum absolute atomic E-state index is 0.291. The molecule has 8 heteroatoms. The number of hydrogen-bond acceptors (Lipinski definition) is 7. The molecule has 0 radical (unpaired) electrons. The normalized spacial score (nSPS) is 16.5. The Balaban J connectivity index is 1.81. The van der Waals surface area contributed by atoms with Gasteiger partial charge in [0.25, 0.3) is 5.91 Å². The van der Waals surface area contributed by atoms with Crippen LogP contribution in [0.3, 0.4) is 0 Å². The number of hydroxylamine groups is 1. The number of esters is 1. The van der Waals surface area contributed by atoms with Crippen molar-refractivity contribution in [3.63, 3.8) is 0 Å². The van der Waals surface area contributed by atoms with Gasteiger partial charge in [-0.1, -0.05) is 0 Å². The molecule has 1 aromatic carbocycles. The van der Waals surface area contributed by atoms with Crippen LogP contribution in [-0.2, 0) is 16.0 Å². The molecule has 0 bridgehead atoms. The van der Waals surface area contributed by atoms with Crippen molar-refractivity contribution in [1.82, 2.24) is 4.98 Å². The van der Waals surface area contributed by atoms with E-state index in [1.165, 1.54) is 19.4 Å². The summed E-state index contributed by atoms with van der Waals surface area (Å²) in [6.07, 6.45) is 1.65. The third-order valence-corrected chi connectivity index (χ3v) is 3.62. The molecule has 1 unspecified atom stereocenters. The van der Waals surface area contributed by atoms with Gasteiger partial charge in [0.2, 0.25) is 5.88 Å². The zero-order valence-electron chi connectivity index (χ0n) is 12.8. The molecule has 2 heterocycles. The molecule has 0 saturated carbocycles. The van der Waals surface area contributed by atoms with Crippen molar-refractivity contribution in [2.75, 3.05) is 12.2 Å². The van der Waals surface area contributed by atoms with Crippen LogP contribution in [0.1, 0.15) is 15.9 Å². The lowest BCUT2D eigenvalue weighted by atomic mass is 9.99. The van der Waals surface area contributed by atoms with E-state index in [1.807, 2.05) is 0 Å². The van der Waals surface area contributed by atoms with Gasteiger partial charge in [0, 0.05) is 12.3 Å². The molecule has 3 rings (SSSR count). The van der Waals surface area contributed by atoms with Crippen LogP contribution in [0.2, 0.25) is 0 Å². The zero-order chi connectivity index (χ0) is 17.3. The quantitative estimate of drug-likeness (QED) is 0.643. The first kappa shape index (κ1) is 15.9.